The minimum atomic E-state index is -0.663. The summed E-state index contributed by atoms with van der Waals surface area (Å²) in [7, 11) is 7.01. The summed E-state index contributed by atoms with van der Waals surface area (Å²) in [5.41, 5.74) is 2.25. The Morgan fingerprint density at radius 3 is 2.64 bits per heavy atom. The molecule has 8 heteroatoms. The Morgan fingerprint density at radius 2 is 2.04 bits per heavy atom. The van der Waals surface area contributed by atoms with Crippen molar-refractivity contribution in [1.82, 2.24) is 24.6 Å². The third kappa shape index (κ3) is 2.95. The monoisotopic (exact) mass is 342 g/mol. The summed E-state index contributed by atoms with van der Waals surface area (Å²) in [6, 6.07) is 2.80. The molecule has 0 bridgehead atoms. The molecule has 3 rings (SSSR count). The Kier molecular flexibility index (Phi) is 4.43. The van der Waals surface area contributed by atoms with E-state index in [2.05, 4.69) is 15.4 Å². The zero-order valence-corrected chi connectivity index (χ0v) is 14.9. The van der Waals surface area contributed by atoms with Crippen molar-refractivity contribution in [1.29, 1.82) is 0 Å². The molecular weight excluding hydrogens is 320 g/mol. The molecule has 0 aromatic carbocycles. The maximum Gasteiger partial charge on any atom is 0.256 e. The zero-order valence-electron chi connectivity index (χ0n) is 14.9. The van der Waals surface area contributed by atoms with E-state index in [0.717, 1.165) is 11.3 Å². The van der Waals surface area contributed by atoms with E-state index in [0.29, 0.717) is 24.3 Å². The number of aromatic nitrogens is 3. The van der Waals surface area contributed by atoms with Crippen molar-refractivity contribution in [3.63, 3.8) is 0 Å². The van der Waals surface area contributed by atoms with Crippen molar-refractivity contribution in [3.05, 3.63) is 41.3 Å². The summed E-state index contributed by atoms with van der Waals surface area (Å²) >= 11 is 0. The number of likely N-dealkylation sites (N-methyl/N-ethyl adjacent to an activating group) is 1. The molecule has 0 saturated carbocycles. The van der Waals surface area contributed by atoms with Crippen LogP contribution in [0.5, 0.6) is 0 Å². The third-order valence-corrected chi connectivity index (χ3v) is 4.49. The van der Waals surface area contributed by atoms with E-state index < -0.39 is 6.04 Å². The van der Waals surface area contributed by atoms with Crippen molar-refractivity contribution < 1.29 is 9.59 Å². The second kappa shape index (κ2) is 6.54. The van der Waals surface area contributed by atoms with Crippen LogP contribution in [0.15, 0.2) is 24.5 Å². The van der Waals surface area contributed by atoms with Crippen LogP contribution in [-0.2, 0) is 18.3 Å². The first-order valence-corrected chi connectivity index (χ1v) is 8.10. The quantitative estimate of drug-likeness (QED) is 0.887. The third-order valence-electron chi connectivity index (χ3n) is 4.49. The van der Waals surface area contributed by atoms with Crippen LogP contribution in [0.1, 0.15) is 27.7 Å². The number of hydrogen-bond acceptors (Lipinski definition) is 5. The van der Waals surface area contributed by atoms with Crippen molar-refractivity contribution in [2.75, 3.05) is 33.0 Å². The van der Waals surface area contributed by atoms with Crippen LogP contribution in [0.25, 0.3) is 0 Å². The highest BCUT2D eigenvalue weighted by Gasteiger charge is 2.38. The van der Waals surface area contributed by atoms with Gasteiger partial charge in [0, 0.05) is 58.6 Å². The van der Waals surface area contributed by atoms with E-state index in [1.807, 2.05) is 7.05 Å². The molecule has 1 aliphatic heterocycles. The van der Waals surface area contributed by atoms with E-state index >= 15 is 0 Å². The first-order chi connectivity index (χ1) is 11.9. The molecule has 0 saturated heterocycles. The normalized spacial score (nSPS) is 16.3. The van der Waals surface area contributed by atoms with Gasteiger partial charge in [-0.3, -0.25) is 14.3 Å². The van der Waals surface area contributed by atoms with E-state index in [1.165, 1.54) is 11.1 Å². The van der Waals surface area contributed by atoms with Gasteiger partial charge in [0.1, 0.15) is 11.9 Å². The highest BCUT2D eigenvalue weighted by Crippen LogP contribution is 2.31. The maximum absolute atomic E-state index is 13.0. The first-order valence-electron chi connectivity index (χ1n) is 8.10. The summed E-state index contributed by atoms with van der Waals surface area (Å²) in [5.74, 6) is 0.345. The van der Waals surface area contributed by atoms with Gasteiger partial charge in [-0.25, -0.2) is 4.98 Å². The standard InChI is InChI=1S/C17H22N6O2/c1-18-14-6-5-11(9-19-14)16(24)23-8-7-13-12(10-20-22(13)4)15(23)17(25)21(2)3/h5-6,9-10,15H,7-8H2,1-4H3,(H,18,19). The summed E-state index contributed by atoms with van der Waals surface area (Å²) in [6.07, 6.45) is 3.88. The second-order valence-corrected chi connectivity index (χ2v) is 6.24. The van der Waals surface area contributed by atoms with Crippen LogP contribution in [0.2, 0.25) is 0 Å². The zero-order chi connectivity index (χ0) is 18.1. The Hall–Kier alpha value is -2.90. The number of carbonyl (C=O) groups excluding carboxylic acids is 2. The van der Waals surface area contributed by atoms with Gasteiger partial charge in [-0.05, 0) is 12.1 Å². The lowest BCUT2D eigenvalue weighted by molar-refractivity contribution is -0.134. The molecule has 8 nitrogen and oxygen atoms in total. The summed E-state index contributed by atoms with van der Waals surface area (Å²) < 4.78 is 1.77. The Bertz CT molecular complexity index is 796. The molecule has 1 atom stereocenters. The molecule has 0 fully saturated rings. The number of nitrogens with zero attached hydrogens (tertiary/aromatic N) is 5. The van der Waals surface area contributed by atoms with Gasteiger partial charge in [0.15, 0.2) is 0 Å². The summed E-state index contributed by atoms with van der Waals surface area (Å²) in [4.78, 5) is 33.1. The predicted octanol–water partition coefficient (Wildman–Crippen LogP) is 0.685. The Balaban J connectivity index is 1.98. The van der Waals surface area contributed by atoms with Crippen LogP contribution in [-0.4, -0.2) is 64.1 Å². The summed E-state index contributed by atoms with van der Waals surface area (Å²) in [5, 5.41) is 7.19. The Labute approximate surface area is 146 Å². The lowest BCUT2D eigenvalue weighted by Gasteiger charge is -2.36. The van der Waals surface area contributed by atoms with Gasteiger partial charge in [-0.15, -0.1) is 0 Å². The molecule has 0 aliphatic carbocycles. The highest BCUT2D eigenvalue weighted by molar-refractivity contribution is 5.98. The van der Waals surface area contributed by atoms with Gasteiger partial charge < -0.3 is 15.1 Å². The lowest BCUT2D eigenvalue weighted by atomic mass is 9.97. The van der Waals surface area contributed by atoms with Gasteiger partial charge >= 0.3 is 0 Å². The average molecular weight is 342 g/mol. The number of amides is 2. The predicted molar refractivity (Wildman–Crippen MR) is 93.2 cm³/mol. The highest BCUT2D eigenvalue weighted by atomic mass is 16.2. The van der Waals surface area contributed by atoms with Gasteiger partial charge in [0.2, 0.25) is 5.91 Å². The number of nitrogens with one attached hydrogen (secondary N) is 1. The summed E-state index contributed by atoms with van der Waals surface area (Å²) in [6.45, 7) is 0.462. The van der Waals surface area contributed by atoms with Crippen LogP contribution in [0.3, 0.4) is 0 Å². The fourth-order valence-corrected chi connectivity index (χ4v) is 3.10. The Morgan fingerprint density at radius 1 is 1.28 bits per heavy atom. The molecule has 2 amide bonds. The fourth-order valence-electron chi connectivity index (χ4n) is 3.10. The van der Waals surface area contributed by atoms with E-state index in [4.69, 9.17) is 0 Å². The topological polar surface area (TPSA) is 83.4 Å². The van der Waals surface area contributed by atoms with Crippen molar-refractivity contribution in [3.8, 4) is 0 Å². The van der Waals surface area contributed by atoms with E-state index in [-0.39, 0.29) is 11.8 Å². The van der Waals surface area contributed by atoms with Gasteiger partial charge in [-0.2, -0.15) is 5.10 Å². The molecule has 132 valence electrons. The molecule has 3 heterocycles. The van der Waals surface area contributed by atoms with Gasteiger partial charge in [-0.1, -0.05) is 0 Å². The molecule has 2 aromatic heterocycles. The van der Waals surface area contributed by atoms with Crippen LogP contribution in [0.4, 0.5) is 5.82 Å². The molecule has 25 heavy (non-hydrogen) atoms. The van der Waals surface area contributed by atoms with Crippen molar-refractivity contribution in [2.24, 2.45) is 7.05 Å². The minimum Gasteiger partial charge on any atom is -0.373 e. The fraction of sp³-hybridized carbons (Fsp3) is 0.412. The number of fused-ring (bicyclic) bond motifs is 1. The minimum absolute atomic E-state index is 0.137. The second-order valence-electron chi connectivity index (χ2n) is 6.24. The smallest absolute Gasteiger partial charge is 0.256 e. The average Bonchev–Trinajstić information content (AvgIpc) is 3.01. The van der Waals surface area contributed by atoms with Crippen molar-refractivity contribution >= 4 is 17.6 Å². The van der Waals surface area contributed by atoms with Gasteiger partial charge in [0.05, 0.1) is 11.8 Å². The molecule has 0 spiro atoms. The number of rotatable bonds is 3. The molecule has 0 radical (unpaired) electrons. The van der Waals surface area contributed by atoms with Crippen LogP contribution >= 0.6 is 0 Å². The van der Waals surface area contributed by atoms with E-state index in [9.17, 15) is 9.59 Å². The SMILES string of the molecule is CNc1ccc(C(=O)N2CCc3c(cnn3C)C2C(=O)N(C)C)cn1. The lowest BCUT2D eigenvalue weighted by Crippen LogP contribution is -2.47. The molecule has 1 aliphatic rings. The number of pyridine rings is 1. The molecule has 2 aromatic rings. The number of aryl methyl sites for hydroxylation is 1. The van der Waals surface area contributed by atoms with Crippen LogP contribution < -0.4 is 5.32 Å². The number of carbonyl (C=O) groups is 2. The molecular formula is C17H22N6O2. The molecule has 1 unspecified atom stereocenters. The number of hydrogen-bond donors (Lipinski definition) is 1. The largest absolute Gasteiger partial charge is 0.373 e. The van der Waals surface area contributed by atoms with Crippen LogP contribution in [0, 0.1) is 0 Å². The van der Waals surface area contributed by atoms with Gasteiger partial charge in [0.25, 0.3) is 5.91 Å². The maximum atomic E-state index is 13.0. The molecule has 1 N–H and O–H groups in total. The number of anilines is 1. The first kappa shape index (κ1) is 16.9. The van der Waals surface area contributed by atoms with E-state index in [1.54, 1.807) is 49.1 Å². The van der Waals surface area contributed by atoms with Crippen molar-refractivity contribution in [2.45, 2.75) is 12.5 Å².